The van der Waals surface area contributed by atoms with Crippen LogP contribution in [0.4, 0.5) is 10.1 Å². The Bertz CT molecular complexity index is 1010. The second-order valence-corrected chi connectivity index (χ2v) is 8.34. The van der Waals surface area contributed by atoms with Crippen molar-refractivity contribution in [3.8, 4) is 5.75 Å². The highest BCUT2D eigenvalue weighted by atomic mass is 19.1. The van der Waals surface area contributed by atoms with Gasteiger partial charge in [-0.2, -0.15) is 5.10 Å². The largest absolute Gasteiger partial charge is 0.497 e. The van der Waals surface area contributed by atoms with Gasteiger partial charge in [-0.3, -0.25) is 4.79 Å². The number of nitrogens with one attached hydrogen (secondary N) is 1. The lowest BCUT2D eigenvalue weighted by Gasteiger charge is -2.43. The Kier molecular flexibility index (Phi) is 6.78. The number of hydrogen-bond acceptors (Lipinski definition) is 4. The SMILES string of the molecule is CCCN1c2cc(F)c(/C=N/NC(=O)Cc3ccc(OC)cc3)cc2C(C)=CC1(C)C. The molecule has 6 heteroatoms. The fraction of sp³-hybridized carbons (Fsp3) is 0.360. The van der Waals surface area contributed by atoms with E-state index in [1.807, 2.05) is 19.1 Å². The normalized spacial score (nSPS) is 14.9. The Balaban J connectivity index is 1.74. The molecule has 0 aromatic heterocycles. The predicted octanol–water partition coefficient (Wildman–Crippen LogP) is 4.94. The fourth-order valence-corrected chi connectivity index (χ4v) is 3.99. The first-order chi connectivity index (χ1) is 14.7. The molecule has 0 bridgehead atoms. The highest BCUT2D eigenvalue weighted by molar-refractivity contribution is 5.89. The zero-order valence-corrected chi connectivity index (χ0v) is 18.8. The number of halogens is 1. The van der Waals surface area contributed by atoms with Gasteiger partial charge < -0.3 is 9.64 Å². The minimum Gasteiger partial charge on any atom is -0.497 e. The molecular weight excluding hydrogens is 393 g/mol. The molecule has 2 aromatic rings. The summed E-state index contributed by atoms with van der Waals surface area (Å²) < 4.78 is 20.0. The molecule has 0 radical (unpaired) electrons. The van der Waals surface area contributed by atoms with E-state index >= 15 is 0 Å². The van der Waals surface area contributed by atoms with Crippen LogP contribution < -0.4 is 15.1 Å². The molecule has 0 saturated carbocycles. The van der Waals surface area contributed by atoms with Crippen LogP contribution in [0.15, 0.2) is 47.6 Å². The lowest BCUT2D eigenvalue weighted by Crippen LogP contribution is -2.45. The summed E-state index contributed by atoms with van der Waals surface area (Å²) in [5.41, 5.74) is 6.46. The molecule has 164 valence electrons. The first kappa shape index (κ1) is 22.5. The number of nitrogens with zero attached hydrogens (tertiary/aromatic N) is 2. The predicted molar refractivity (Wildman–Crippen MR) is 124 cm³/mol. The molecule has 5 nitrogen and oxygen atoms in total. The third-order valence-corrected chi connectivity index (χ3v) is 5.46. The molecule has 2 aromatic carbocycles. The Morgan fingerprint density at radius 2 is 1.97 bits per heavy atom. The maximum Gasteiger partial charge on any atom is 0.244 e. The van der Waals surface area contributed by atoms with Gasteiger partial charge in [0.15, 0.2) is 0 Å². The number of carbonyl (C=O) groups excluding carboxylic acids is 1. The Hall–Kier alpha value is -3.15. The van der Waals surface area contributed by atoms with E-state index in [1.165, 1.54) is 6.21 Å². The average Bonchev–Trinajstić information content (AvgIpc) is 2.72. The molecule has 1 aliphatic rings. The fourth-order valence-electron chi connectivity index (χ4n) is 3.99. The van der Waals surface area contributed by atoms with Crippen molar-refractivity contribution in [1.29, 1.82) is 0 Å². The summed E-state index contributed by atoms with van der Waals surface area (Å²) in [6, 6.07) is 10.6. The van der Waals surface area contributed by atoms with Crippen LogP contribution in [-0.4, -0.2) is 31.3 Å². The second-order valence-electron chi connectivity index (χ2n) is 8.34. The second kappa shape index (κ2) is 9.33. The number of fused-ring (bicyclic) bond motifs is 1. The maximum atomic E-state index is 14.9. The van der Waals surface area contributed by atoms with Gasteiger partial charge in [-0.1, -0.05) is 25.1 Å². The molecule has 1 amide bonds. The number of allylic oxidation sites excluding steroid dienone is 1. The minimum atomic E-state index is -0.362. The van der Waals surface area contributed by atoms with Crippen LogP contribution in [0.3, 0.4) is 0 Å². The van der Waals surface area contributed by atoms with Gasteiger partial charge in [0.1, 0.15) is 11.6 Å². The summed E-state index contributed by atoms with van der Waals surface area (Å²) in [5.74, 6) is 0.0977. The van der Waals surface area contributed by atoms with Gasteiger partial charge in [0.25, 0.3) is 0 Å². The highest BCUT2D eigenvalue weighted by Crippen LogP contribution is 2.39. The van der Waals surface area contributed by atoms with Gasteiger partial charge in [-0.15, -0.1) is 0 Å². The van der Waals surface area contributed by atoms with E-state index in [2.05, 4.69) is 42.3 Å². The zero-order valence-electron chi connectivity index (χ0n) is 18.8. The average molecular weight is 424 g/mol. The Morgan fingerprint density at radius 1 is 1.26 bits per heavy atom. The highest BCUT2D eigenvalue weighted by Gasteiger charge is 2.31. The molecule has 0 spiro atoms. The monoisotopic (exact) mass is 423 g/mol. The van der Waals surface area contributed by atoms with Crippen LogP contribution in [0.1, 0.15) is 50.8 Å². The van der Waals surface area contributed by atoms with E-state index in [0.717, 1.165) is 41.1 Å². The maximum absolute atomic E-state index is 14.9. The van der Waals surface area contributed by atoms with Gasteiger partial charge in [0, 0.05) is 23.4 Å². The molecule has 3 rings (SSSR count). The molecule has 1 aliphatic heterocycles. The van der Waals surface area contributed by atoms with Crippen molar-refractivity contribution < 1.29 is 13.9 Å². The molecule has 1 heterocycles. The Morgan fingerprint density at radius 3 is 2.61 bits per heavy atom. The standard InChI is InChI=1S/C25H30FN3O2/c1-6-11-29-23-14-22(26)19(13-21(23)17(2)15-25(29,3)4)16-27-28-24(30)12-18-7-9-20(31-5)10-8-18/h7-10,13-16H,6,11-12H2,1-5H3,(H,28,30)/b27-16+. The molecular formula is C25H30FN3O2. The van der Waals surface area contributed by atoms with E-state index in [1.54, 1.807) is 31.4 Å². The van der Waals surface area contributed by atoms with Crippen molar-refractivity contribution >= 4 is 23.4 Å². The number of methoxy groups -OCH3 is 1. The summed E-state index contributed by atoms with van der Waals surface area (Å²) in [6.45, 7) is 9.28. The minimum absolute atomic E-state index is 0.176. The van der Waals surface area contributed by atoms with Crippen molar-refractivity contribution in [3.63, 3.8) is 0 Å². The summed E-state index contributed by atoms with van der Waals surface area (Å²) in [6.07, 6.45) is 4.72. The number of carbonyl (C=O) groups is 1. The van der Waals surface area contributed by atoms with Crippen LogP contribution in [-0.2, 0) is 11.2 Å². The topological polar surface area (TPSA) is 53.9 Å². The molecule has 31 heavy (non-hydrogen) atoms. The number of ether oxygens (including phenoxy) is 1. The summed E-state index contributed by atoms with van der Waals surface area (Å²) in [5, 5.41) is 3.97. The number of hydrogen-bond donors (Lipinski definition) is 1. The quantitative estimate of drug-likeness (QED) is 0.507. The number of rotatable bonds is 7. The van der Waals surface area contributed by atoms with Gasteiger partial charge in [-0.25, -0.2) is 9.82 Å². The van der Waals surface area contributed by atoms with E-state index in [0.29, 0.717) is 5.56 Å². The molecule has 0 fully saturated rings. The van der Waals surface area contributed by atoms with E-state index in [-0.39, 0.29) is 23.7 Å². The summed E-state index contributed by atoms with van der Waals surface area (Å²) in [7, 11) is 1.59. The number of benzene rings is 2. The van der Waals surface area contributed by atoms with Crippen LogP contribution >= 0.6 is 0 Å². The van der Waals surface area contributed by atoms with E-state index in [9.17, 15) is 9.18 Å². The lowest BCUT2D eigenvalue weighted by atomic mass is 9.88. The van der Waals surface area contributed by atoms with Crippen molar-refractivity contribution in [2.75, 3.05) is 18.6 Å². The van der Waals surface area contributed by atoms with Crippen molar-refractivity contribution in [2.45, 2.75) is 46.1 Å². The third-order valence-electron chi connectivity index (χ3n) is 5.46. The molecule has 0 unspecified atom stereocenters. The Labute approximate surface area is 183 Å². The number of amides is 1. The van der Waals surface area contributed by atoms with Crippen LogP contribution in [0.5, 0.6) is 5.75 Å². The zero-order chi connectivity index (χ0) is 22.6. The van der Waals surface area contributed by atoms with Crippen molar-refractivity contribution in [3.05, 3.63) is 65.0 Å². The van der Waals surface area contributed by atoms with Crippen LogP contribution in [0, 0.1) is 5.82 Å². The first-order valence-electron chi connectivity index (χ1n) is 10.5. The smallest absolute Gasteiger partial charge is 0.244 e. The molecule has 0 aliphatic carbocycles. The lowest BCUT2D eigenvalue weighted by molar-refractivity contribution is -0.120. The molecule has 0 saturated heterocycles. The van der Waals surface area contributed by atoms with Gasteiger partial charge in [-0.05, 0) is 62.6 Å². The first-order valence-corrected chi connectivity index (χ1v) is 10.5. The summed E-state index contributed by atoms with van der Waals surface area (Å²) >= 11 is 0. The van der Waals surface area contributed by atoms with Crippen molar-refractivity contribution in [2.24, 2.45) is 5.10 Å². The van der Waals surface area contributed by atoms with E-state index < -0.39 is 0 Å². The molecule has 1 N–H and O–H groups in total. The number of hydrazone groups is 1. The molecule has 0 atom stereocenters. The third kappa shape index (κ3) is 5.13. The summed E-state index contributed by atoms with van der Waals surface area (Å²) in [4.78, 5) is 14.4. The van der Waals surface area contributed by atoms with Crippen molar-refractivity contribution in [1.82, 2.24) is 5.43 Å². The van der Waals surface area contributed by atoms with Gasteiger partial charge >= 0.3 is 0 Å². The van der Waals surface area contributed by atoms with Gasteiger partial charge in [0.05, 0.1) is 25.3 Å². The van der Waals surface area contributed by atoms with Crippen LogP contribution in [0.25, 0.3) is 5.57 Å². The van der Waals surface area contributed by atoms with Crippen LogP contribution in [0.2, 0.25) is 0 Å². The number of anilines is 1. The van der Waals surface area contributed by atoms with Gasteiger partial charge in [0.2, 0.25) is 5.91 Å². The van der Waals surface area contributed by atoms with E-state index in [4.69, 9.17) is 4.74 Å².